The van der Waals surface area contributed by atoms with Gasteiger partial charge in [-0.05, 0) is 35.9 Å². The zero-order valence-corrected chi connectivity index (χ0v) is 18.0. The van der Waals surface area contributed by atoms with Crippen LogP contribution in [0.2, 0.25) is 0 Å². The molecule has 0 unspecified atom stereocenters. The summed E-state index contributed by atoms with van der Waals surface area (Å²) >= 11 is 0. The van der Waals surface area contributed by atoms with Crippen molar-refractivity contribution in [1.82, 2.24) is 15.2 Å². The fourth-order valence-electron chi connectivity index (χ4n) is 3.53. The van der Waals surface area contributed by atoms with Crippen LogP contribution in [0.1, 0.15) is 11.3 Å². The van der Waals surface area contributed by atoms with Crippen molar-refractivity contribution in [1.29, 1.82) is 0 Å². The largest absolute Gasteiger partial charge is 0.489 e. The number of ether oxygens (including phenoxy) is 2. The van der Waals surface area contributed by atoms with Crippen LogP contribution in [0.15, 0.2) is 109 Å². The molecule has 5 nitrogen and oxygen atoms in total. The molecule has 162 valence electrons. The Kier molecular flexibility index (Phi) is 6.11. The second-order valence-electron chi connectivity index (χ2n) is 7.57. The monoisotopic (exact) mass is 433 g/mol. The van der Waals surface area contributed by atoms with Crippen molar-refractivity contribution >= 4 is 0 Å². The summed E-state index contributed by atoms with van der Waals surface area (Å²) in [6.07, 6.45) is 1.76. The third-order valence-electron chi connectivity index (χ3n) is 5.24. The number of hydrogen-bond donors (Lipinski definition) is 1. The van der Waals surface area contributed by atoms with Crippen LogP contribution in [0.4, 0.5) is 0 Å². The molecule has 0 atom stereocenters. The molecule has 5 heteroatoms. The highest BCUT2D eigenvalue weighted by atomic mass is 16.5. The zero-order valence-electron chi connectivity index (χ0n) is 18.0. The van der Waals surface area contributed by atoms with E-state index in [1.54, 1.807) is 6.20 Å². The van der Waals surface area contributed by atoms with E-state index in [-0.39, 0.29) is 0 Å². The molecular formula is C28H23N3O2. The van der Waals surface area contributed by atoms with Gasteiger partial charge in [-0.1, -0.05) is 66.7 Å². The smallest absolute Gasteiger partial charge is 0.132 e. The molecule has 0 aliphatic rings. The summed E-state index contributed by atoms with van der Waals surface area (Å²) in [7, 11) is 0. The number of nitrogens with zero attached hydrogens (tertiary/aromatic N) is 2. The molecular weight excluding hydrogens is 410 g/mol. The van der Waals surface area contributed by atoms with Crippen molar-refractivity contribution < 1.29 is 9.47 Å². The first-order valence-electron chi connectivity index (χ1n) is 10.8. The highest BCUT2D eigenvalue weighted by Crippen LogP contribution is 2.35. The Labute approximate surface area is 192 Å². The topological polar surface area (TPSA) is 60.0 Å². The summed E-state index contributed by atoms with van der Waals surface area (Å²) in [5.41, 5.74) is 5.68. The molecule has 0 fully saturated rings. The van der Waals surface area contributed by atoms with E-state index in [0.29, 0.717) is 19.0 Å². The first-order valence-corrected chi connectivity index (χ1v) is 10.8. The minimum Gasteiger partial charge on any atom is -0.489 e. The Morgan fingerprint density at radius 1 is 0.697 bits per heavy atom. The van der Waals surface area contributed by atoms with E-state index < -0.39 is 0 Å². The van der Waals surface area contributed by atoms with Crippen molar-refractivity contribution in [2.75, 3.05) is 0 Å². The molecule has 0 amide bonds. The Bertz CT molecular complexity index is 1300. The van der Waals surface area contributed by atoms with Gasteiger partial charge in [0.05, 0.1) is 17.1 Å². The highest BCUT2D eigenvalue weighted by molar-refractivity contribution is 5.73. The molecule has 2 aromatic heterocycles. The van der Waals surface area contributed by atoms with Crippen molar-refractivity contribution in [2.24, 2.45) is 0 Å². The summed E-state index contributed by atoms with van der Waals surface area (Å²) < 4.78 is 12.2. The minimum atomic E-state index is 0.357. The Hall–Kier alpha value is -4.38. The van der Waals surface area contributed by atoms with Gasteiger partial charge in [0.2, 0.25) is 0 Å². The molecule has 33 heavy (non-hydrogen) atoms. The fourth-order valence-corrected chi connectivity index (χ4v) is 3.53. The van der Waals surface area contributed by atoms with E-state index in [1.165, 1.54) is 0 Å². The van der Waals surface area contributed by atoms with E-state index in [2.05, 4.69) is 15.2 Å². The van der Waals surface area contributed by atoms with Crippen LogP contribution in [0.5, 0.6) is 11.5 Å². The van der Waals surface area contributed by atoms with Crippen LogP contribution < -0.4 is 9.47 Å². The predicted octanol–water partition coefficient (Wildman–Crippen LogP) is 6.30. The number of pyridine rings is 1. The molecule has 0 bridgehead atoms. The Morgan fingerprint density at radius 2 is 1.48 bits per heavy atom. The third kappa shape index (κ3) is 5.10. The van der Waals surface area contributed by atoms with E-state index in [4.69, 9.17) is 9.47 Å². The third-order valence-corrected chi connectivity index (χ3v) is 5.24. The molecule has 2 heterocycles. The van der Waals surface area contributed by atoms with Crippen LogP contribution in [0, 0.1) is 0 Å². The lowest BCUT2D eigenvalue weighted by Gasteiger charge is -2.13. The second-order valence-corrected chi connectivity index (χ2v) is 7.57. The van der Waals surface area contributed by atoms with Gasteiger partial charge in [0.15, 0.2) is 0 Å². The zero-order chi connectivity index (χ0) is 22.3. The highest BCUT2D eigenvalue weighted by Gasteiger charge is 2.13. The van der Waals surface area contributed by atoms with E-state index in [0.717, 1.165) is 39.5 Å². The van der Waals surface area contributed by atoms with Crippen LogP contribution in [0.3, 0.4) is 0 Å². The molecule has 0 saturated heterocycles. The van der Waals surface area contributed by atoms with E-state index in [9.17, 15) is 0 Å². The number of rotatable bonds is 8. The van der Waals surface area contributed by atoms with Gasteiger partial charge < -0.3 is 9.47 Å². The number of nitrogens with one attached hydrogen (secondary N) is 1. The maximum absolute atomic E-state index is 6.20. The molecule has 5 aromatic rings. The first-order chi connectivity index (χ1) is 16.3. The van der Waals surface area contributed by atoms with Gasteiger partial charge in [0, 0.05) is 23.4 Å². The van der Waals surface area contributed by atoms with Crippen molar-refractivity contribution in [3.63, 3.8) is 0 Å². The van der Waals surface area contributed by atoms with Crippen LogP contribution in [0.25, 0.3) is 22.5 Å². The summed E-state index contributed by atoms with van der Waals surface area (Å²) in [6, 6.07) is 33.9. The quantitative estimate of drug-likeness (QED) is 0.312. The normalized spacial score (nSPS) is 10.7. The molecule has 0 spiro atoms. The second kappa shape index (κ2) is 9.83. The average Bonchev–Trinajstić information content (AvgIpc) is 3.38. The van der Waals surface area contributed by atoms with Gasteiger partial charge in [-0.3, -0.25) is 10.1 Å². The molecule has 1 N–H and O–H groups in total. The lowest BCUT2D eigenvalue weighted by Crippen LogP contribution is -2.00. The molecule has 3 aromatic carbocycles. The van der Waals surface area contributed by atoms with Crippen LogP contribution in [-0.2, 0) is 13.2 Å². The van der Waals surface area contributed by atoms with E-state index in [1.807, 2.05) is 103 Å². The van der Waals surface area contributed by atoms with Gasteiger partial charge in [-0.25, -0.2) is 0 Å². The van der Waals surface area contributed by atoms with Crippen molar-refractivity contribution in [2.45, 2.75) is 13.2 Å². The fraction of sp³-hybridized carbons (Fsp3) is 0.0714. The lowest BCUT2D eigenvalue weighted by molar-refractivity contribution is 0.288. The molecule has 0 saturated carbocycles. The molecule has 5 rings (SSSR count). The number of benzene rings is 3. The van der Waals surface area contributed by atoms with Gasteiger partial charge in [-0.2, -0.15) is 5.10 Å². The van der Waals surface area contributed by atoms with Gasteiger partial charge >= 0.3 is 0 Å². The summed E-state index contributed by atoms with van der Waals surface area (Å²) in [5, 5.41) is 7.65. The lowest BCUT2D eigenvalue weighted by atomic mass is 10.1. The number of hydrogen-bond acceptors (Lipinski definition) is 4. The number of aromatic nitrogens is 3. The SMILES string of the molecule is c1ccc(COc2ccc(-c3cc(-c4ccccc4)n[nH]3)c(OCc3ccccn3)c2)cc1. The van der Waals surface area contributed by atoms with Gasteiger partial charge in [-0.15, -0.1) is 0 Å². The number of H-pyrrole nitrogens is 1. The Morgan fingerprint density at radius 3 is 2.27 bits per heavy atom. The van der Waals surface area contributed by atoms with Crippen molar-refractivity contribution in [3.8, 4) is 34.0 Å². The maximum atomic E-state index is 6.20. The van der Waals surface area contributed by atoms with E-state index >= 15 is 0 Å². The standard InChI is InChI=1S/C28H23N3O2/c1-3-9-21(10-4-1)19-32-24-14-15-25(28(17-24)33-20-23-13-7-8-16-29-23)27-18-26(30-31-27)22-11-5-2-6-12-22/h1-18H,19-20H2,(H,30,31). The molecule has 0 aliphatic heterocycles. The average molecular weight is 434 g/mol. The van der Waals surface area contributed by atoms with Gasteiger partial charge in [0.25, 0.3) is 0 Å². The summed E-state index contributed by atoms with van der Waals surface area (Å²) in [6.45, 7) is 0.845. The summed E-state index contributed by atoms with van der Waals surface area (Å²) in [4.78, 5) is 4.36. The van der Waals surface area contributed by atoms with Crippen LogP contribution >= 0.6 is 0 Å². The maximum Gasteiger partial charge on any atom is 0.132 e. The number of aromatic amines is 1. The predicted molar refractivity (Wildman–Crippen MR) is 129 cm³/mol. The minimum absolute atomic E-state index is 0.357. The Balaban J connectivity index is 1.42. The molecule has 0 radical (unpaired) electrons. The first kappa shape index (κ1) is 20.5. The van der Waals surface area contributed by atoms with Crippen LogP contribution in [-0.4, -0.2) is 15.2 Å². The summed E-state index contributed by atoms with van der Waals surface area (Å²) in [5.74, 6) is 1.44. The van der Waals surface area contributed by atoms with Gasteiger partial charge in [0.1, 0.15) is 24.7 Å². The van der Waals surface area contributed by atoms with Crippen molar-refractivity contribution in [3.05, 3.63) is 121 Å². The molecule has 0 aliphatic carbocycles.